The first-order valence-corrected chi connectivity index (χ1v) is 8.97. The van der Waals surface area contributed by atoms with Gasteiger partial charge in [-0.2, -0.15) is 0 Å². The minimum atomic E-state index is -0.848. The maximum atomic E-state index is 11.0. The average Bonchev–Trinajstić information content (AvgIpc) is 2.80. The lowest BCUT2D eigenvalue weighted by Crippen LogP contribution is -2.48. The van der Waals surface area contributed by atoms with Gasteiger partial charge in [-0.15, -0.1) is 0 Å². The zero-order chi connectivity index (χ0) is 17.4. The molecule has 5 atom stereocenters. The van der Waals surface area contributed by atoms with Gasteiger partial charge in [0.15, 0.2) is 0 Å². The Morgan fingerprint density at radius 2 is 1.83 bits per heavy atom. The highest BCUT2D eigenvalue weighted by molar-refractivity contribution is 5.15. The molecule has 23 heavy (non-hydrogen) atoms. The van der Waals surface area contributed by atoms with Gasteiger partial charge in [0.1, 0.15) is 6.10 Å². The smallest absolute Gasteiger partial charge is 0.101 e. The normalized spacial score (nSPS) is 44.5. The second-order valence-electron chi connectivity index (χ2n) is 8.66. The van der Waals surface area contributed by atoms with Crippen molar-refractivity contribution < 1.29 is 15.3 Å². The summed E-state index contributed by atoms with van der Waals surface area (Å²) in [7, 11) is 0. The second kappa shape index (κ2) is 6.70. The molecule has 2 rings (SSSR count). The lowest BCUT2D eigenvalue weighted by molar-refractivity contribution is -0.0896. The summed E-state index contributed by atoms with van der Waals surface area (Å²) >= 11 is 0. The van der Waals surface area contributed by atoms with E-state index in [4.69, 9.17) is 0 Å². The standard InChI is InChI=1S/C20H34O3/c1-13-7-6-8-14(2)17(21)18(22)16-15(19(3,4)23)10-12-20(16,5)11-9-13/h8-9,15-18,21-23H,6-7,10-12H2,1-5H3/b13-9+,14-8+/t15-,16-,17-,18-,20+/m1/s1. The molecule has 3 heteroatoms. The van der Waals surface area contributed by atoms with E-state index < -0.39 is 17.8 Å². The van der Waals surface area contributed by atoms with Crippen LogP contribution in [-0.4, -0.2) is 33.1 Å². The number of rotatable bonds is 1. The molecule has 0 unspecified atom stereocenters. The van der Waals surface area contributed by atoms with E-state index in [1.165, 1.54) is 5.57 Å². The summed E-state index contributed by atoms with van der Waals surface area (Å²) in [6.07, 6.45) is 7.33. The first-order valence-electron chi connectivity index (χ1n) is 8.97. The van der Waals surface area contributed by atoms with Crippen molar-refractivity contribution in [2.45, 2.75) is 84.5 Å². The Labute approximate surface area is 141 Å². The van der Waals surface area contributed by atoms with Gasteiger partial charge in [-0.1, -0.05) is 24.6 Å². The molecular weight excluding hydrogens is 288 g/mol. The number of aliphatic hydroxyl groups excluding tert-OH is 2. The number of hydrogen-bond donors (Lipinski definition) is 3. The van der Waals surface area contributed by atoms with Gasteiger partial charge in [0.25, 0.3) is 0 Å². The van der Waals surface area contributed by atoms with Crippen LogP contribution in [0.4, 0.5) is 0 Å². The van der Waals surface area contributed by atoms with Crippen molar-refractivity contribution in [1.82, 2.24) is 0 Å². The molecule has 0 bridgehead atoms. The van der Waals surface area contributed by atoms with Gasteiger partial charge in [-0.3, -0.25) is 0 Å². The summed E-state index contributed by atoms with van der Waals surface area (Å²) in [4.78, 5) is 0. The van der Waals surface area contributed by atoms with Crippen LogP contribution in [-0.2, 0) is 0 Å². The van der Waals surface area contributed by atoms with Gasteiger partial charge in [-0.25, -0.2) is 0 Å². The van der Waals surface area contributed by atoms with Crippen LogP contribution in [0.1, 0.15) is 66.7 Å². The molecule has 1 fully saturated rings. The topological polar surface area (TPSA) is 60.7 Å². The van der Waals surface area contributed by atoms with Gasteiger partial charge in [-0.05, 0) is 82.6 Å². The molecule has 3 N–H and O–H groups in total. The maximum absolute atomic E-state index is 11.0. The van der Waals surface area contributed by atoms with E-state index in [0.29, 0.717) is 0 Å². The summed E-state index contributed by atoms with van der Waals surface area (Å²) < 4.78 is 0. The minimum Gasteiger partial charge on any atom is -0.390 e. The molecule has 2 aliphatic rings. The Kier molecular flexibility index (Phi) is 5.44. The molecule has 0 radical (unpaired) electrons. The van der Waals surface area contributed by atoms with Crippen LogP contribution in [0.3, 0.4) is 0 Å². The fourth-order valence-electron chi connectivity index (χ4n) is 4.62. The predicted octanol–water partition coefficient (Wildman–Crippen LogP) is 3.59. The Bertz CT molecular complexity index is 486. The molecule has 2 aliphatic carbocycles. The van der Waals surface area contributed by atoms with Crippen molar-refractivity contribution >= 4 is 0 Å². The monoisotopic (exact) mass is 322 g/mol. The molecule has 1 saturated carbocycles. The third kappa shape index (κ3) is 3.89. The predicted molar refractivity (Wildman–Crippen MR) is 94.0 cm³/mol. The van der Waals surface area contributed by atoms with Crippen molar-refractivity contribution in [1.29, 1.82) is 0 Å². The molecule has 0 aromatic heterocycles. The zero-order valence-corrected chi connectivity index (χ0v) is 15.3. The van der Waals surface area contributed by atoms with Crippen molar-refractivity contribution in [2.24, 2.45) is 17.3 Å². The number of hydrogen-bond acceptors (Lipinski definition) is 3. The van der Waals surface area contributed by atoms with Gasteiger partial charge in [0.05, 0.1) is 11.7 Å². The molecule has 0 aromatic carbocycles. The van der Waals surface area contributed by atoms with E-state index >= 15 is 0 Å². The van der Waals surface area contributed by atoms with E-state index in [0.717, 1.165) is 37.7 Å². The quantitative estimate of drug-likeness (QED) is 0.647. The van der Waals surface area contributed by atoms with Gasteiger partial charge < -0.3 is 15.3 Å². The van der Waals surface area contributed by atoms with Crippen LogP contribution in [0.15, 0.2) is 23.3 Å². The van der Waals surface area contributed by atoms with E-state index in [1.54, 1.807) is 0 Å². The Balaban J connectivity index is 2.45. The maximum Gasteiger partial charge on any atom is 0.101 e. The first-order chi connectivity index (χ1) is 10.6. The molecule has 0 amide bonds. The van der Waals surface area contributed by atoms with E-state index in [9.17, 15) is 15.3 Å². The zero-order valence-electron chi connectivity index (χ0n) is 15.3. The highest BCUT2D eigenvalue weighted by Crippen LogP contribution is 2.55. The summed E-state index contributed by atoms with van der Waals surface area (Å²) in [5, 5.41) is 32.2. The van der Waals surface area contributed by atoms with Gasteiger partial charge in [0.2, 0.25) is 0 Å². The number of allylic oxidation sites excluding steroid dienone is 3. The molecule has 3 nitrogen and oxygen atoms in total. The van der Waals surface area contributed by atoms with Crippen LogP contribution < -0.4 is 0 Å². The molecule has 0 spiro atoms. The molecule has 132 valence electrons. The van der Waals surface area contributed by atoms with Crippen molar-refractivity contribution in [3.05, 3.63) is 23.3 Å². The Morgan fingerprint density at radius 1 is 1.17 bits per heavy atom. The van der Waals surface area contributed by atoms with Gasteiger partial charge >= 0.3 is 0 Å². The van der Waals surface area contributed by atoms with Crippen molar-refractivity contribution in [2.75, 3.05) is 0 Å². The highest BCUT2D eigenvalue weighted by atomic mass is 16.3. The Hall–Kier alpha value is -0.640. The van der Waals surface area contributed by atoms with Crippen LogP contribution in [0.25, 0.3) is 0 Å². The van der Waals surface area contributed by atoms with E-state index in [2.05, 4.69) is 19.9 Å². The summed E-state index contributed by atoms with van der Waals surface area (Å²) in [6, 6.07) is 0. The lowest BCUT2D eigenvalue weighted by Gasteiger charge is -2.42. The molecule has 0 heterocycles. The van der Waals surface area contributed by atoms with Crippen LogP contribution >= 0.6 is 0 Å². The SMILES string of the molecule is C/C1=C\C[C@@]2(C)CC[C@@H](C(C)(C)O)[C@@H]2[C@@H](O)[C@H](O)/C(C)=C/CC1. The fraction of sp³-hybridized carbons (Fsp3) is 0.800. The summed E-state index contributed by atoms with van der Waals surface area (Å²) in [5.74, 6) is -0.109. The van der Waals surface area contributed by atoms with Crippen LogP contribution in [0, 0.1) is 17.3 Å². The summed E-state index contributed by atoms with van der Waals surface area (Å²) in [6.45, 7) is 9.93. The van der Waals surface area contributed by atoms with Crippen molar-refractivity contribution in [3.8, 4) is 0 Å². The largest absolute Gasteiger partial charge is 0.390 e. The van der Waals surface area contributed by atoms with Gasteiger partial charge in [0, 0.05) is 0 Å². The van der Waals surface area contributed by atoms with E-state index in [1.807, 2.05) is 26.8 Å². The third-order valence-electron chi connectivity index (χ3n) is 6.25. The third-order valence-corrected chi connectivity index (χ3v) is 6.25. The lowest BCUT2D eigenvalue weighted by atomic mass is 9.67. The highest BCUT2D eigenvalue weighted by Gasteiger charge is 2.53. The van der Waals surface area contributed by atoms with E-state index in [-0.39, 0.29) is 17.3 Å². The number of aliphatic hydroxyl groups is 3. The molecule has 0 aromatic rings. The minimum absolute atomic E-state index is 0.000547. The molecule has 0 saturated heterocycles. The first kappa shape index (κ1) is 18.7. The fourth-order valence-corrected chi connectivity index (χ4v) is 4.62. The van der Waals surface area contributed by atoms with Crippen molar-refractivity contribution in [3.63, 3.8) is 0 Å². The average molecular weight is 322 g/mol. The van der Waals surface area contributed by atoms with Crippen LogP contribution in [0.2, 0.25) is 0 Å². The molecular formula is C20H34O3. The summed E-state index contributed by atoms with van der Waals surface area (Å²) in [5.41, 5.74) is 1.28. The molecule has 0 aliphatic heterocycles. The van der Waals surface area contributed by atoms with Crippen LogP contribution in [0.5, 0.6) is 0 Å². The number of fused-ring (bicyclic) bond motifs is 1. The Morgan fingerprint density at radius 3 is 2.43 bits per heavy atom. The second-order valence-corrected chi connectivity index (χ2v) is 8.66.